The first-order valence-electron chi connectivity index (χ1n) is 13.1. The molecule has 0 aliphatic carbocycles. The highest BCUT2D eigenvalue weighted by atomic mass is 32.1. The van der Waals surface area contributed by atoms with Crippen molar-refractivity contribution in [1.29, 1.82) is 0 Å². The molecule has 2 aromatic carbocycles. The maximum absolute atomic E-state index is 13.8. The zero-order chi connectivity index (χ0) is 27.4. The normalized spacial score (nSPS) is 18.4. The first-order valence-corrected chi connectivity index (χ1v) is 14.0. The predicted octanol–water partition coefficient (Wildman–Crippen LogP) is 5.52. The predicted molar refractivity (Wildman–Crippen MR) is 150 cm³/mol. The van der Waals surface area contributed by atoms with Gasteiger partial charge in [-0.05, 0) is 29.9 Å². The molecular weight excluding hydrogens is 496 g/mol. The molecule has 0 unspecified atom stereocenters. The standard InChI is InChI=1S/C31H36N2O4S/c1-20-29(38-19-32-20)23-13-10-21(11-14-23)12-15-27(35)26-16-24(34)18-33(26)30(37)25(31(2,3)4)17-28(36)22-8-6-5-7-9-22/h5-11,13-14,19,24-26,34H,12,15-18H2,1-4H3/t24-,25-,26+/m1/s1. The summed E-state index contributed by atoms with van der Waals surface area (Å²) in [4.78, 5) is 47.1. The van der Waals surface area contributed by atoms with E-state index in [2.05, 4.69) is 4.98 Å². The summed E-state index contributed by atoms with van der Waals surface area (Å²) in [5.41, 5.74) is 5.07. The van der Waals surface area contributed by atoms with Crippen molar-refractivity contribution in [3.05, 3.63) is 76.9 Å². The smallest absolute Gasteiger partial charge is 0.227 e. The molecular formula is C31H36N2O4S. The zero-order valence-electron chi connectivity index (χ0n) is 22.5. The summed E-state index contributed by atoms with van der Waals surface area (Å²) in [6.07, 6.45) is 0.386. The highest BCUT2D eigenvalue weighted by Crippen LogP contribution is 2.34. The van der Waals surface area contributed by atoms with Crippen molar-refractivity contribution in [3.63, 3.8) is 0 Å². The van der Waals surface area contributed by atoms with E-state index in [1.54, 1.807) is 35.6 Å². The Labute approximate surface area is 228 Å². The van der Waals surface area contributed by atoms with Gasteiger partial charge >= 0.3 is 0 Å². The third-order valence-corrected chi connectivity index (χ3v) is 8.36. The Hall–Kier alpha value is -3.16. The van der Waals surface area contributed by atoms with Crippen LogP contribution in [0.15, 0.2) is 60.1 Å². The maximum atomic E-state index is 13.8. The lowest BCUT2D eigenvalue weighted by molar-refractivity contribution is -0.144. The molecule has 2 heterocycles. The van der Waals surface area contributed by atoms with E-state index in [1.165, 1.54) is 4.90 Å². The monoisotopic (exact) mass is 532 g/mol. The van der Waals surface area contributed by atoms with E-state index in [1.807, 2.05) is 63.5 Å². The molecule has 0 saturated carbocycles. The number of rotatable bonds is 9. The van der Waals surface area contributed by atoms with E-state index >= 15 is 0 Å². The minimum atomic E-state index is -0.750. The first-order chi connectivity index (χ1) is 18.0. The number of aromatic nitrogens is 1. The SMILES string of the molecule is Cc1ncsc1-c1ccc(CCC(=O)[C@@H]2C[C@@H](O)CN2C(=O)[C@@H](CC(=O)c2ccccc2)C(C)(C)C)cc1. The van der Waals surface area contributed by atoms with Gasteiger partial charge in [0.2, 0.25) is 5.91 Å². The Morgan fingerprint density at radius 1 is 1.08 bits per heavy atom. The van der Waals surface area contributed by atoms with Crippen LogP contribution >= 0.6 is 11.3 Å². The molecule has 1 aliphatic heterocycles. The quantitative estimate of drug-likeness (QED) is 0.367. The van der Waals surface area contributed by atoms with Crippen molar-refractivity contribution in [2.45, 2.75) is 65.5 Å². The van der Waals surface area contributed by atoms with Crippen LogP contribution in [0.1, 0.15) is 61.6 Å². The molecule has 0 radical (unpaired) electrons. The molecule has 3 aromatic rings. The minimum absolute atomic E-state index is 0.0562. The number of amides is 1. The Balaban J connectivity index is 1.43. The number of likely N-dealkylation sites (tertiary alicyclic amines) is 1. The van der Waals surface area contributed by atoms with Gasteiger partial charge in [-0.2, -0.15) is 0 Å². The van der Waals surface area contributed by atoms with Crippen LogP contribution in [-0.2, 0) is 16.0 Å². The Bertz CT molecular complexity index is 1280. The van der Waals surface area contributed by atoms with Crippen LogP contribution in [0.2, 0.25) is 0 Å². The van der Waals surface area contributed by atoms with Gasteiger partial charge in [-0.1, -0.05) is 75.4 Å². The van der Waals surface area contributed by atoms with E-state index in [4.69, 9.17) is 0 Å². The fourth-order valence-electron chi connectivity index (χ4n) is 5.09. The molecule has 1 aliphatic rings. The molecule has 1 aromatic heterocycles. The summed E-state index contributed by atoms with van der Waals surface area (Å²) in [6.45, 7) is 7.92. The van der Waals surface area contributed by atoms with Crippen molar-refractivity contribution < 1.29 is 19.5 Å². The maximum Gasteiger partial charge on any atom is 0.227 e. The fourth-order valence-corrected chi connectivity index (χ4v) is 5.90. The van der Waals surface area contributed by atoms with E-state index in [9.17, 15) is 19.5 Å². The summed E-state index contributed by atoms with van der Waals surface area (Å²) in [6, 6.07) is 16.4. The average molecular weight is 533 g/mol. The number of hydrogen-bond donors (Lipinski definition) is 1. The number of carbonyl (C=O) groups is 3. The topological polar surface area (TPSA) is 87.6 Å². The van der Waals surface area contributed by atoms with Gasteiger partial charge in [0.05, 0.1) is 34.1 Å². The number of carbonyl (C=O) groups excluding carboxylic acids is 3. The Morgan fingerprint density at radius 3 is 2.37 bits per heavy atom. The summed E-state index contributed by atoms with van der Waals surface area (Å²) in [5, 5.41) is 10.4. The molecule has 3 atom stereocenters. The number of aliphatic hydroxyl groups is 1. The lowest BCUT2D eigenvalue weighted by Gasteiger charge is -2.34. The Kier molecular flexibility index (Phi) is 8.58. The minimum Gasteiger partial charge on any atom is -0.391 e. The van der Waals surface area contributed by atoms with Crippen LogP contribution in [0.4, 0.5) is 0 Å². The molecule has 4 rings (SSSR count). The molecule has 0 spiro atoms. The van der Waals surface area contributed by atoms with E-state index < -0.39 is 23.5 Å². The van der Waals surface area contributed by atoms with Crippen molar-refractivity contribution >= 4 is 28.8 Å². The molecule has 7 heteroatoms. The number of thiazole rings is 1. The number of β-amino-alcohol motifs (C(OH)–C–C–N with tert-alkyl or cyclic N) is 1. The molecule has 1 fully saturated rings. The van der Waals surface area contributed by atoms with E-state index in [0.29, 0.717) is 12.0 Å². The van der Waals surface area contributed by atoms with Crippen LogP contribution in [0.5, 0.6) is 0 Å². The van der Waals surface area contributed by atoms with Crippen LogP contribution in [-0.4, -0.2) is 51.2 Å². The highest BCUT2D eigenvalue weighted by molar-refractivity contribution is 7.13. The van der Waals surface area contributed by atoms with E-state index in [0.717, 1.165) is 21.7 Å². The number of ketones is 2. The number of benzene rings is 2. The van der Waals surface area contributed by atoms with Crippen molar-refractivity contribution in [3.8, 4) is 10.4 Å². The van der Waals surface area contributed by atoms with Crippen molar-refractivity contribution in [2.75, 3.05) is 6.54 Å². The van der Waals surface area contributed by atoms with Crippen LogP contribution in [0.25, 0.3) is 10.4 Å². The van der Waals surface area contributed by atoms with Gasteiger partial charge in [0.25, 0.3) is 0 Å². The van der Waals surface area contributed by atoms with Crippen LogP contribution in [0.3, 0.4) is 0 Å². The fraction of sp³-hybridized carbons (Fsp3) is 0.419. The number of hydrogen-bond acceptors (Lipinski definition) is 6. The molecule has 200 valence electrons. The van der Waals surface area contributed by atoms with Gasteiger partial charge in [-0.25, -0.2) is 4.98 Å². The zero-order valence-corrected chi connectivity index (χ0v) is 23.3. The number of nitrogens with zero attached hydrogens (tertiary/aromatic N) is 2. The van der Waals surface area contributed by atoms with Gasteiger partial charge in [-0.15, -0.1) is 11.3 Å². The summed E-state index contributed by atoms with van der Waals surface area (Å²) >= 11 is 1.61. The molecule has 1 N–H and O–H groups in total. The molecule has 1 amide bonds. The molecule has 6 nitrogen and oxygen atoms in total. The second-order valence-corrected chi connectivity index (χ2v) is 12.1. The van der Waals surface area contributed by atoms with Crippen LogP contribution in [0, 0.1) is 18.3 Å². The lowest BCUT2D eigenvalue weighted by atomic mass is 9.76. The van der Waals surface area contributed by atoms with Gasteiger partial charge in [0, 0.05) is 31.4 Å². The van der Waals surface area contributed by atoms with Crippen molar-refractivity contribution in [1.82, 2.24) is 9.88 Å². The molecule has 0 bridgehead atoms. The van der Waals surface area contributed by atoms with Gasteiger partial charge in [0.15, 0.2) is 11.6 Å². The third kappa shape index (κ3) is 6.45. The van der Waals surface area contributed by atoms with Crippen molar-refractivity contribution in [2.24, 2.45) is 11.3 Å². The summed E-state index contributed by atoms with van der Waals surface area (Å²) in [7, 11) is 0. The van der Waals surface area contributed by atoms with Gasteiger partial charge < -0.3 is 10.0 Å². The van der Waals surface area contributed by atoms with Gasteiger partial charge in [0.1, 0.15) is 0 Å². The second-order valence-electron chi connectivity index (χ2n) is 11.2. The first kappa shape index (κ1) is 27.9. The van der Waals surface area contributed by atoms with Gasteiger partial charge in [-0.3, -0.25) is 14.4 Å². The van der Waals surface area contributed by atoms with E-state index in [-0.39, 0.29) is 43.3 Å². The van der Waals surface area contributed by atoms with Crippen LogP contribution < -0.4 is 0 Å². The lowest BCUT2D eigenvalue weighted by Crippen LogP contribution is -2.47. The summed E-state index contributed by atoms with van der Waals surface area (Å²) < 4.78 is 0. The number of aryl methyl sites for hydroxylation is 2. The Morgan fingerprint density at radius 2 is 1.76 bits per heavy atom. The largest absolute Gasteiger partial charge is 0.391 e. The average Bonchev–Trinajstić information content (AvgIpc) is 3.50. The molecule has 38 heavy (non-hydrogen) atoms. The number of aliphatic hydroxyl groups excluding tert-OH is 1. The molecule has 1 saturated heterocycles. The summed E-state index contributed by atoms with van der Waals surface area (Å²) in [5.74, 6) is -0.989. The highest BCUT2D eigenvalue weighted by Gasteiger charge is 2.44. The second kappa shape index (κ2) is 11.7. The third-order valence-electron chi connectivity index (χ3n) is 7.38. The number of Topliss-reactive ketones (excluding diaryl/α,β-unsaturated/α-hetero) is 2.